The first-order valence-corrected chi connectivity index (χ1v) is 6.70. The lowest BCUT2D eigenvalue weighted by Crippen LogP contribution is -2.50. The van der Waals surface area contributed by atoms with E-state index in [1.165, 1.54) is 6.92 Å². The summed E-state index contributed by atoms with van der Waals surface area (Å²) in [6.07, 6.45) is 0. The zero-order valence-corrected chi connectivity index (χ0v) is 11.8. The lowest BCUT2D eigenvalue weighted by Gasteiger charge is -2.32. The van der Waals surface area contributed by atoms with Crippen LogP contribution in [0.1, 0.15) is 28.4 Å². The number of anilines is 1. The quantitative estimate of drug-likeness (QED) is 0.873. The second-order valence-corrected chi connectivity index (χ2v) is 5.24. The van der Waals surface area contributed by atoms with Crippen molar-refractivity contribution in [1.82, 2.24) is 0 Å². The van der Waals surface area contributed by atoms with Crippen molar-refractivity contribution in [3.8, 4) is 0 Å². The highest BCUT2D eigenvalue weighted by Gasteiger charge is 2.53. The largest absolute Gasteiger partial charge is 0.360 e. The standard InChI is InChI=1S/C17H15NO3/c1-11-7-9-13(10-8-11)17(21)16(20)14-5-3-4-6-15(14)18(17)12(2)19/h3-10,21H,1-2H3. The number of Topliss-reactive ketones (excluding diaryl/α,β-unsaturated/α-hetero) is 1. The molecule has 0 fully saturated rings. The summed E-state index contributed by atoms with van der Waals surface area (Å²) in [6.45, 7) is 3.26. The van der Waals surface area contributed by atoms with Gasteiger partial charge in [0.2, 0.25) is 17.4 Å². The Balaban J connectivity index is 2.24. The third kappa shape index (κ3) is 1.80. The van der Waals surface area contributed by atoms with Crippen LogP contribution in [0.5, 0.6) is 0 Å². The van der Waals surface area contributed by atoms with Crippen LogP contribution >= 0.6 is 0 Å². The molecule has 21 heavy (non-hydrogen) atoms. The van der Waals surface area contributed by atoms with Gasteiger partial charge in [0.25, 0.3) is 0 Å². The lowest BCUT2D eigenvalue weighted by molar-refractivity contribution is -0.120. The molecular formula is C17H15NO3. The molecule has 1 aliphatic rings. The van der Waals surface area contributed by atoms with Gasteiger partial charge in [0.1, 0.15) is 0 Å². The number of amides is 1. The third-order valence-corrected chi connectivity index (χ3v) is 3.80. The fourth-order valence-electron chi connectivity index (χ4n) is 2.77. The maximum absolute atomic E-state index is 12.7. The molecule has 1 atom stereocenters. The van der Waals surface area contributed by atoms with Crippen LogP contribution in [-0.4, -0.2) is 16.8 Å². The van der Waals surface area contributed by atoms with E-state index in [1.54, 1.807) is 36.4 Å². The number of carbonyl (C=O) groups is 2. The average Bonchev–Trinajstić information content (AvgIpc) is 2.69. The van der Waals surface area contributed by atoms with Gasteiger partial charge in [-0.3, -0.25) is 14.5 Å². The third-order valence-electron chi connectivity index (χ3n) is 3.80. The van der Waals surface area contributed by atoms with E-state index in [0.29, 0.717) is 16.8 Å². The van der Waals surface area contributed by atoms with Crippen molar-refractivity contribution in [2.24, 2.45) is 0 Å². The van der Waals surface area contributed by atoms with E-state index in [9.17, 15) is 14.7 Å². The normalized spacial score (nSPS) is 20.5. The molecule has 1 aliphatic heterocycles. The Morgan fingerprint density at radius 2 is 1.71 bits per heavy atom. The molecule has 4 nitrogen and oxygen atoms in total. The molecule has 1 heterocycles. The summed E-state index contributed by atoms with van der Waals surface area (Å²) in [5.74, 6) is -0.853. The highest BCUT2D eigenvalue weighted by Crippen LogP contribution is 2.43. The van der Waals surface area contributed by atoms with Gasteiger partial charge in [0, 0.05) is 18.1 Å². The fourth-order valence-corrected chi connectivity index (χ4v) is 2.77. The summed E-state index contributed by atoms with van der Waals surface area (Å²) in [5, 5.41) is 11.0. The van der Waals surface area contributed by atoms with Crippen molar-refractivity contribution >= 4 is 17.4 Å². The minimum atomic E-state index is -1.97. The molecular weight excluding hydrogens is 266 g/mol. The first-order chi connectivity index (χ1) is 9.96. The molecule has 0 radical (unpaired) electrons. The number of para-hydroxylation sites is 1. The fraction of sp³-hybridized carbons (Fsp3) is 0.176. The Morgan fingerprint density at radius 3 is 2.33 bits per heavy atom. The number of hydrogen-bond acceptors (Lipinski definition) is 3. The van der Waals surface area contributed by atoms with Crippen molar-refractivity contribution in [3.05, 3.63) is 65.2 Å². The van der Waals surface area contributed by atoms with Gasteiger partial charge in [-0.1, -0.05) is 42.0 Å². The molecule has 1 N–H and O–H groups in total. The van der Waals surface area contributed by atoms with E-state index in [0.717, 1.165) is 10.5 Å². The van der Waals surface area contributed by atoms with Crippen LogP contribution in [0.3, 0.4) is 0 Å². The van der Waals surface area contributed by atoms with Crippen LogP contribution in [-0.2, 0) is 10.5 Å². The van der Waals surface area contributed by atoms with E-state index >= 15 is 0 Å². The van der Waals surface area contributed by atoms with E-state index in [-0.39, 0.29) is 5.91 Å². The van der Waals surface area contributed by atoms with Crippen LogP contribution in [0.25, 0.3) is 0 Å². The topological polar surface area (TPSA) is 57.6 Å². The Bertz CT molecular complexity index is 736. The monoisotopic (exact) mass is 281 g/mol. The van der Waals surface area contributed by atoms with Crippen molar-refractivity contribution in [3.63, 3.8) is 0 Å². The lowest BCUT2D eigenvalue weighted by atomic mass is 9.96. The molecule has 0 saturated heterocycles. The Labute approximate surface area is 122 Å². The van der Waals surface area contributed by atoms with Gasteiger partial charge in [0.15, 0.2) is 0 Å². The molecule has 1 amide bonds. The maximum atomic E-state index is 12.7. The van der Waals surface area contributed by atoms with Gasteiger partial charge in [-0.15, -0.1) is 0 Å². The molecule has 1 unspecified atom stereocenters. The van der Waals surface area contributed by atoms with Crippen molar-refractivity contribution in [2.75, 3.05) is 4.90 Å². The SMILES string of the molecule is CC(=O)N1c2ccccc2C(=O)C1(O)c1ccc(C)cc1. The van der Waals surface area contributed by atoms with Crippen LogP contribution in [0.15, 0.2) is 48.5 Å². The predicted octanol–water partition coefficient (Wildman–Crippen LogP) is 2.39. The minimum absolute atomic E-state index is 0.357. The van der Waals surface area contributed by atoms with Crippen molar-refractivity contribution in [1.29, 1.82) is 0 Å². The molecule has 0 saturated carbocycles. The van der Waals surface area contributed by atoms with Crippen molar-refractivity contribution < 1.29 is 14.7 Å². The number of carbonyl (C=O) groups excluding carboxylic acids is 2. The van der Waals surface area contributed by atoms with Crippen molar-refractivity contribution in [2.45, 2.75) is 19.6 Å². The molecule has 0 bridgehead atoms. The van der Waals surface area contributed by atoms with Gasteiger partial charge >= 0.3 is 0 Å². The number of aryl methyl sites for hydroxylation is 1. The zero-order valence-electron chi connectivity index (χ0n) is 11.8. The van der Waals surface area contributed by atoms with Crippen LogP contribution < -0.4 is 4.90 Å². The Morgan fingerprint density at radius 1 is 1.10 bits per heavy atom. The number of ketones is 1. The second-order valence-electron chi connectivity index (χ2n) is 5.24. The van der Waals surface area contributed by atoms with Crippen LogP contribution in [0.2, 0.25) is 0 Å². The number of aliphatic hydroxyl groups is 1. The number of hydrogen-bond donors (Lipinski definition) is 1. The van der Waals surface area contributed by atoms with Gasteiger partial charge in [0.05, 0.1) is 5.69 Å². The number of rotatable bonds is 1. The van der Waals surface area contributed by atoms with Crippen LogP contribution in [0.4, 0.5) is 5.69 Å². The average molecular weight is 281 g/mol. The zero-order chi connectivity index (χ0) is 15.2. The molecule has 2 aromatic carbocycles. The molecule has 0 spiro atoms. The summed E-state index contributed by atoms with van der Waals surface area (Å²) in [7, 11) is 0. The molecule has 4 heteroatoms. The first kappa shape index (κ1) is 13.5. The van der Waals surface area contributed by atoms with Crippen LogP contribution in [0, 0.1) is 6.92 Å². The van der Waals surface area contributed by atoms with Gasteiger partial charge in [-0.2, -0.15) is 0 Å². The molecule has 3 rings (SSSR count). The van der Waals surface area contributed by atoms with E-state index < -0.39 is 11.5 Å². The molecule has 2 aromatic rings. The first-order valence-electron chi connectivity index (χ1n) is 6.70. The maximum Gasteiger partial charge on any atom is 0.236 e. The predicted molar refractivity (Wildman–Crippen MR) is 79.0 cm³/mol. The van der Waals surface area contributed by atoms with E-state index in [4.69, 9.17) is 0 Å². The summed E-state index contributed by atoms with van der Waals surface area (Å²) >= 11 is 0. The summed E-state index contributed by atoms with van der Waals surface area (Å²) in [4.78, 5) is 25.9. The number of benzene rings is 2. The summed E-state index contributed by atoms with van der Waals surface area (Å²) < 4.78 is 0. The highest BCUT2D eigenvalue weighted by molar-refractivity contribution is 6.19. The Hall–Kier alpha value is -2.46. The van der Waals surface area contributed by atoms with E-state index in [2.05, 4.69) is 0 Å². The Kier molecular flexibility index (Phi) is 2.92. The molecule has 0 aromatic heterocycles. The molecule has 0 aliphatic carbocycles. The van der Waals surface area contributed by atoms with Gasteiger partial charge in [-0.25, -0.2) is 0 Å². The van der Waals surface area contributed by atoms with E-state index in [1.807, 2.05) is 19.1 Å². The summed E-state index contributed by atoms with van der Waals surface area (Å²) in [6, 6.07) is 13.7. The van der Waals surface area contributed by atoms with Gasteiger partial charge < -0.3 is 5.11 Å². The minimum Gasteiger partial charge on any atom is -0.360 e. The smallest absolute Gasteiger partial charge is 0.236 e. The molecule has 106 valence electrons. The number of fused-ring (bicyclic) bond motifs is 1. The number of nitrogens with zero attached hydrogens (tertiary/aromatic N) is 1. The second kappa shape index (κ2) is 4.53. The highest BCUT2D eigenvalue weighted by atomic mass is 16.3. The van der Waals surface area contributed by atoms with Gasteiger partial charge in [-0.05, 0) is 19.1 Å². The summed E-state index contributed by atoms with van der Waals surface area (Å²) in [5.41, 5.74) is 0.237.